The molecule has 2 N–H and O–H groups in total. The topological polar surface area (TPSA) is 47.1 Å². The Morgan fingerprint density at radius 2 is 1.90 bits per heavy atom. The molecule has 2 aromatic rings. The number of benzene rings is 1. The van der Waals surface area contributed by atoms with Crippen molar-refractivity contribution in [3.05, 3.63) is 53.1 Å². The van der Waals surface area contributed by atoms with Crippen molar-refractivity contribution in [2.45, 2.75) is 26.4 Å². The maximum absolute atomic E-state index is 6.00. The van der Waals surface area contributed by atoms with Gasteiger partial charge in [-0.2, -0.15) is 0 Å². The van der Waals surface area contributed by atoms with Crippen LogP contribution in [0.15, 0.2) is 30.6 Å². The maximum Gasteiger partial charge on any atom is 0.122 e. The molecule has 1 unspecified atom stereocenters. The van der Waals surface area contributed by atoms with Gasteiger partial charge in [-0.25, -0.2) is 4.98 Å². The van der Waals surface area contributed by atoms with Crippen molar-refractivity contribution in [2.24, 2.45) is 12.8 Å². The quantitative estimate of drug-likeness (QED) is 0.907. The van der Waals surface area contributed by atoms with Crippen molar-refractivity contribution in [1.29, 1.82) is 0 Å². The molecule has 20 heavy (non-hydrogen) atoms. The summed E-state index contributed by atoms with van der Waals surface area (Å²) >= 11 is 0. The van der Waals surface area contributed by atoms with Crippen molar-refractivity contribution in [2.75, 3.05) is 13.6 Å². The van der Waals surface area contributed by atoms with Gasteiger partial charge in [0, 0.05) is 32.0 Å². The molecule has 2 rings (SSSR count). The van der Waals surface area contributed by atoms with E-state index in [-0.39, 0.29) is 6.04 Å². The number of nitrogens with zero attached hydrogens (tertiary/aromatic N) is 3. The Hall–Kier alpha value is -1.65. The van der Waals surface area contributed by atoms with E-state index >= 15 is 0 Å². The normalized spacial score (nSPS) is 12.9. The highest BCUT2D eigenvalue weighted by molar-refractivity contribution is 5.31. The first-order chi connectivity index (χ1) is 9.51. The minimum atomic E-state index is 0.213. The van der Waals surface area contributed by atoms with E-state index < -0.39 is 0 Å². The molecule has 0 saturated heterocycles. The minimum absolute atomic E-state index is 0.213. The Kier molecular flexibility index (Phi) is 4.57. The van der Waals surface area contributed by atoms with E-state index in [0.29, 0.717) is 6.54 Å². The summed E-state index contributed by atoms with van der Waals surface area (Å²) < 4.78 is 2.05. The third-order valence-electron chi connectivity index (χ3n) is 3.70. The first-order valence-corrected chi connectivity index (χ1v) is 6.96. The third-order valence-corrected chi connectivity index (χ3v) is 3.70. The van der Waals surface area contributed by atoms with Gasteiger partial charge in [0.15, 0.2) is 0 Å². The number of imidazole rings is 1. The standard InChI is InChI=1S/C16H24N4/c1-12-7-13(2)9-14(8-12)15(10-17)20(4)11-16-18-5-6-19(16)3/h5-9,15H,10-11,17H2,1-4H3. The fraction of sp³-hybridized carbons (Fsp3) is 0.438. The molecule has 0 bridgehead atoms. The van der Waals surface area contributed by atoms with Crippen LogP contribution in [0.25, 0.3) is 0 Å². The molecule has 0 aliphatic carbocycles. The van der Waals surface area contributed by atoms with Crippen LogP contribution in [0.4, 0.5) is 0 Å². The zero-order valence-electron chi connectivity index (χ0n) is 12.8. The lowest BCUT2D eigenvalue weighted by molar-refractivity contribution is 0.233. The number of hydrogen-bond donors (Lipinski definition) is 1. The van der Waals surface area contributed by atoms with Gasteiger partial charge in [-0.3, -0.25) is 4.90 Å². The maximum atomic E-state index is 6.00. The van der Waals surface area contributed by atoms with E-state index in [1.807, 2.05) is 24.0 Å². The second-order valence-corrected chi connectivity index (χ2v) is 5.54. The van der Waals surface area contributed by atoms with Gasteiger partial charge in [-0.1, -0.05) is 29.3 Å². The van der Waals surface area contributed by atoms with E-state index in [4.69, 9.17) is 5.73 Å². The summed E-state index contributed by atoms with van der Waals surface area (Å²) in [7, 11) is 4.12. The molecule has 0 saturated carbocycles. The lowest BCUT2D eigenvalue weighted by atomic mass is 10.0. The molecule has 0 spiro atoms. The van der Waals surface area contributed by atoms with E-state index in [9.17, 15) is 0 Å². The van der Waals surface area contributed by atoms with Crippen LogP contribution < -0.4 is 5.73 Å². The van der Waals surface area contributed by atoms with Crippen molar-refractivity contribution in [1.82, 2.24) is 14.5 Å². The van der Waals surface area contributed by atoms with Crippen molar-refractivity contribution in [3.63, 3.8) is 0 Å². The molecule has 4 heteroatoms. The number of rotatable bonds is 5. The van der Waals surface area contributed by atoms with Gasteiger partial charge >= 0.3 is 0 Å². The predicted molar refractivity (Wildman–Crippen MR) is 82.4 cm³/mol. The molecule has 1 aromatic heterocycles. The summed E-state index contributed by atoms with van der Waals surface area (Å²) in [5.74, 6) is 1.05. The van der Waals surface area contributed by atoms with Gasteiger partial charge in [-0.05, 0) is 26.5 Å². The number of hydrogen-bond acceptors (Lipinski definition) is 3. The molecule has 0 aliphatic heterocycles. The van der Waals surface area contributed by atoms with Gasteiger partial charge in [0.25, 0.3) is 0 Å². The summed E-state index contributed by atoms with van der Waals surface area (Å²) in [6.07, 6.45) is 3.80. The van der Waals surface area contributed by atoms with Gasteiger partial charge in [0.2, 0.25) is 0 Å². The molecule has 1 atom stereocenters. The Bertz CT molecular complexity index is 553. The summed E-state index contributed by atoms with van der Waals surface area (Å²) in [5, 5.41) is 0. The average molecular weight is 272 g/mol. The highest BCUT2D eigenvalue weighted by atomic mass is 15.2. The Morgan fingerprint density at radius 3 is 2.40 bits per heavy atom. The van der Waals surface area contributed by atoms with Crippen LogP contribution in [0.5, 0.6) is 0 Å². The minimum Gasteiger partial charge on any atom is -0.337 e. The van der Waals surface area contributed by atoms with Crippen LogP contribution >= 0.6 is 0 Å². The predicted octanol–water partition coefficient (Wildman–Crippen LogP) is 2.17. The first-order valence-electron chi connectivity index (χ1n) is 6.96. The molecule has 4 nitrogen and oxygen atoms in total. The second kappa shape index (κ2) is 6.20. The molecule has 0 fully saturated rings. The molecule has 1 aromatic carbocycles. The molecular formula is C16H24N4. The van der Waals surface area contributed by atoms with Gasteiger partial charge in [0.05, 0.1) is 6.54 Å². The Labute approximate surface area is 121 Å². The fourth-order valence-corrected chi connectivity index (χ4v) is 2.65. The highest BCUT2D eigenvalue weighted by Crippen LogP contribution is 2.22. The van der Waals surface area contributed by atoms with E-state index in [1.54, 1.807) is 0 Å². The van der Waals surface area contributed by atoms with Crippen molar-refractivity contribution in [3.8, 4) is 0 Å². The lowest BCUT2D eigenvalue weighted by Gasteiger charge is -2.27. The van der Waals surface area contributed by atoms with Gasteiger partial charge < -0.3 is 10.3 Å². The molecule has 0 radical (unpaired) electrons. The summed E-state index contributed by atoms with van der Waals surface area (Å²) in [6, 6.07) is 6.85. The van der Waals surface area contributed by atoms with Gasteiger partial charge in [-0.15, -0.1) is 0 Å². The lowest BCUT2D eigenvalue weighted by Crippen LogP contribution is -2.31. The van der Waals surface area contributed by atoms with E-state index in [2.05, 4.69) is 49.0 Å². The number of aromatic nitrogens is 2. The second-order valence-electron chi connectivity index (χ2n) is 5.54. The number of aryl methyl sites for hydroxylation is 3. The summed E-state index contributed by atoms with van der Waals surface area (Å²) in [5.41, 5.74) is 9.85. The Morgan fingerprint density at radius 1 is 1.25 bits per heavy atom. The number of nitrogens with two attached hydrogens (primary N) is 1. The molecule has 0 aliphatic rings. The highest BCUT2D eigenvalue weighted by Gasteiger charge is 2.17. The Balaban J connectivity index is 2.20. The summed E-state index contributed by atoms with van der Waals surface area (Å²) in [4.78, 5) is 6.64. The monoisotopic (exact) mass is 272 g/mol. The van der Waals surface area contributed by atoms with Crippen molar-refractivity contribution >= 4 is 0 Å². The van der Waals surface area contributed by atoms with Crippen molar-refractivity contribution < 1.29 is 0 Å². The zero-order valence-corrected chi connectivity index (χ0v) is 12.8. The van der Waals surface area contributed by atoms with Gasteiger partial charge in [0.1, 0.15) is 5.82 Å². The number of likely N-dealkylation sites (N-methyl/N-ethyl adjacent to an activating group) is 1. The SMILES string of the molecule is Cc1cc(C)cc(C(CN)N(C)Cc2nccn2C)c1. The summed E-state index contributed by atoms with van der Waals surface area (Å²) in [6.45, 7) is 5.65. The fourth-order valence-electron chi connectivity index (χ4n) is 2.65. The largest absolute Gasteiger partial charge is 0.337 e. The zero-order chi connectivity index (χ0) is 14.7. The van der Waals surface area contributed by atoms with Crippen LogP contribution in [-0.2, 0) is 13.6 Å². The van der Waals surface area contributed by atoms with Crippen LogP contribution in [-0.4, -0.2) is 28.0 Å². The molecular weight excluding hydrogens is 248 g/mol. The van der Waals surface area contributed by atoms with Crippen LogP contribution in [0, 0.1) is 13.8 Å². The molecule has 1 heterocycles. The third kappa shape index (κ3) is 3.26. The first kappa shape index (κ1) is 14.8. The molecule has 108 valence electrons. The smallest absolute Gasteiger partial charge is 0.122 e. The van der Waals surface area contributed by atoms with E-state index in [1.165, 1.54) is 16.7 Å². The average Bonchev–Trinajstić information content (AvgIpc) is 2.74. The van der Waals surface area contributed by atoms with Crippen LogP contribution in [0.3, 0.4) is 0 Å². The van der Waals surface area contributed by atoms with Crippen LogP contribution in [0.1, 0.15) is 28.6 Å². The van der Waals surface area contributed by atoms with Crippen LogP contribution in [0.2, 0.25) is 0 Å². The van der Waals surface area contributed by atoms with E-state index in [0.717, 1.165) is 12.4 Å². The molecule has 0 amide bonds.